The molecule has 19 heavy (non-hydrogen) atoms. The van der Waals surface area contributed by atoms with Crippen LogP contribution in [-0.2, 0) is 17.8 Å². The molecular weight excluding hydrogens is 238 g/mol. The Bertz CT molecular complexity index is 491. The van der Waals surface area contributed by atoms with E-state index in [9.17, 15) is 0 Å². The van der Waals surface area contributed by atoms with Gasteiger partial charge in [-0.1, -0.05) is 24.3 Å². The summed E-state index contributed by atoms with van der Waals surface area (Å²) in [6.07, 6.45) is 0.925. The minimum atomic E-state index is 0.553. The molecular formula is C16H19NO2. The number of nitrogen functional groups attached to an aromatic ring is 1. The lowest BCUT2D eigenvalue weighted by atomic mass is 10.1. The number of nitrogens with two attached hydrogens (primary N) is 1. The molecule has 3 heteroatoms. The fourth-order valence-corrected chi connectivity index (χ4v) is 1.75. The van der Waals surface area contributed by atoms with Crippen LogP contribution in [-0.4, -0.2) is 13.7 Å². The summed E-state index contributed by atoms with van der Waals surface area (Å²) in [4.78, 5) is 0. The van der Waals surface area contributed by atoms with Crippen molar-refractivity contribution in [2.45, 2.75) is 13.0 Å². The Morgan fingerprint density at radius 1 is 0.895 bits per heavy atom. The summed E-state index contributed by atoms with van der Waals surface area (Å²) in [5.74, 6) is 0.873. The van der Waals surface area contributed by atoms with E-state index in [1.807, 2.05) is 36.4 Å². The molecule has 2 N–H and O–H groups in total. The van der Waals surface area contributed by atoms with E-state index in [1.54, 1.807) is 7.11 Å². The molecule has 100 valence electrons. The maximum absolute atomic E-state index is 5.72. The zero-order valence-electron chi connectivity index (χ0n) is 11.1. The summed E-state index contributed by atoms with van der Waals surface area (Å²) in [5.41, 5.74) is 8.77. The Balaban J connectivity index is 1.87. The van der Waals surface area contributed by atoms with Gasteiger partial charge in [-0.15, -0.1) is 0 Å². The Hall–Kier alpha value is -2.00. The highest BCUT2D eigenvalue weighted by atomic mass is 16.5. The van der Waals surface area contributed by atoms with E-state index >= 15 is 0 Å². The quantitative estimate of drug-likeness (QED) is 0.809. The van der Waals surface area contributed by atoms with E-state index in [0.717, 1.165) is 30.0 Å². The third kappa shape index (κ3) is 4.30. The summed E-state index contributed by atoms with van der Waals surface area (Å²) in [6.45, 7) is 1.29. The molecule has 0 radical (unpaired) electrons. The molecule has 0 saturated carbocycles. The molecule has 2 rings (SSSR count). The van der Waals surface area contributed by atoms with E-state index in [4.69, 9.17) is 15.2 Å². The number of anilines is 1. The highest BCUT2D eigenvalue weighted by Gasteiger charge is 1.97. The molecule has 0 spiro atoms. The first kappa shape index (κ1) is 13.4. The minimum absolute atomic E-state index is 0.553. The smallest absolute Gasteiger partial charge is 0.119 e. The van der Waals surface area contributed by atoms with Gasteiger partial charge in [0.05, 0.1) is 6.61 Å². The van der Waals surface area contributed by atoms with Gasteiger partial charge in [-0.3, -0.25) is 0 Å². The normalized spacial score (nSPS) is 10.4. The van der Waals surface area contributed by atoms with Crippen LogP contribution in [0.2, 0.25) is 0 Å². The third-order valence-corrected chi connectivity index (χ3v) is 2.90. The number of methoxy groups -OCH3 is 1. The van der Waals surface area contributed by atoms with E-state index in [0.29, 0.717) is 6.61 Å². The molecule has 0 unspecified atom stereocenters. The van der Waals surface area contributed by atoms with Crippen LogP contribution in [0.4, 0.5) is 5.69 Å². The maximum atomic E-state index is 5.72. The third-order valence-electron chi connectivity index (χ3n) is 2.90. The fourth-order valence-electron chi connectivity index (χ4n) is 1.75. The van der Waals surface area contributed by atoms with Crippen molar-refractivity contribution in [2.24, 2.45) is 0 Å². The molecule has 0 aliphatic heterocycles. The van der Waals surface area contributed by atoms with Gasteiger partial charge in [-0.2, -0.15) is 0 Å². The molecule has 0 aliphatic carbocycles. The number of hydrogen-bond donors (Lipinski definition) is 1. The molecule has 0 amide bonds. The number of benzene rings is 2. The van der Waals surface area contributed by atoms with E-state index < -0.39 is 0 Å². The molecule has 0 saturated heterocycles. The van der Waals surface area contributed by atoms with Crippen molar-refractivity contribution >= 4 is 5.69 Å². The predicted octanol–water partition coefficient (Wildman–Crippen LogP) is 3.04. The first-order valence-corrected chi connectivity index (χ1v) is 6.33. The van der Waals surface area contributed by atoms with Crippen molar-refractivity contribution in [2.75, 3.05) is 19.5 Å². The SMILES string of the molecule is COCCc1ccc(OCc2ccc(N)cc2)cc1. The highest BCUT2D eigenvalue weighted by Crippen LogP contribution is 2.15. The molecule has 3 nitrogen and oxygen atoms in total. The van der Waals surface area contributed by atoms with Gasteiger partial charge in [0.25, 0.3) is 0 Å². The molecule has 2 aromatic carbocycles. The number of rotatable bonds is 6. The lowest BCUT2D eigenvalue weighted by Gasteiger charge is -2.07. The first-order chi connectivity index (χ1) is 9.28. The van der Waals surface area contributed by atoms with Crippen molar-refractivity contribution in [3.8, 4) is 5.75 Å². The summed E-state index contributed by atoms with van der Waals surface area (Å²) in [7, 11) is 1.71. The van der Waals surface area contributed by atoms with Gasteiger partial charge < -0.3 is 15.2 Å². The van der Waals surface area contributed by atoms with E-state index in [-0.39, 0.29) is 0 Å². The van der Waals surface area contributed by atoms with Gasteiger partial charge in [0, 0.05) is 12.8 Å². The minimum Gasteiger partial charge on any atom is -0.489 e. The van der Waals surface area contributed by atoms with Crippen LogP contribution in [0.5, 0.6) is 5.75 Å². The zero-order chi connectivity index (χ0) is 13.5. The highest BCUT2D eigenvalue weighted by molar-refractivity contribution is 5.39. The first-order valence-electron chi connectivity index (χ1n) is 6.33. The summed E-state index contributed by atoms with van der Waals surface area (Å²) >= 11 is 0. The largest absolute Gasteiger partial charge is 0.489 e. The number of hydrogen-bond acceptors (Lipinski definition) is 3. The number of ether oxygens (including phenoxy) is 2. The fraction of sp³-hybridized carbons (Fsp3) is 0.250. The van der Waals surface area contributed by atoms with Gasteiger partial charge in [0.2, 0.25) is 0 Å². The van der Waals surface area contributed by atoms with Crippen LogP contribution in [0.15, 0.2) is 48.5 Å². The summed E-state index contributed by atoms with van der Waals surface area (Å²) in [5, 5.41) is 0. The van der Waals surface area contributed by atoms with Crippen molar-refractivity contribution in [1.82, 2.24) is 0 Å². The van der Waals surface area contributed by atoms with Crippen LogP contribution in [0.1, 0.15) is 11.1 Å². The van der Waals surface area contributed by atoms with E-state index in [1.165, 1.54) is 5.56 Å². The van der Waals surface area contributed by atoms with Gasteiger partial charge in [0.1, 0.15) is 12.4 Å². The van der Waals surface area contributed by atoms with Crippen LogP contribution < -0.4 is 10.5 Å². The van der Waals surface area contributed by atoms with Gasteiger partial charge in [0.15, 0.2) is 0 Å². The predicted molar refractivity (Wildman–Crippen MR) is 77.2 cm³/mol. The molecule has 0 aromatic heterocycles. The van der Waals surface area contributed by atoms with Gasteiger partial charge in [-0.05, 0) is 41.8 Å². The average Bonchev–Trinajstić information content (AvgIpc) is 2.46. The summed E-state index contributed by atoms with van der Waals surface area (Å²) in [6, 6.07) is 15.8. The Kier molecular flexibility index (Phi) is 4.81. The average molecular weight is 257 g/mol. The Morgan fingerprint density at radius 3 is 2.16 bits per heavy atom. The second-order valence-corrected chi connectivity index (χ2v) is 4.42. The van der Waals surface area contributed by atoms with Crippen molar-refractivity contribution < 1.29 is 9.47 Å². The maximum Gasteiger partial charge on any atom is 0.119 e. The summed E-state index contributed by atoms with van der Waals surface area (Å²) < 4.78 is 10.8. The Labute approximate surface area is 114 Å². The Morgan fingerprint density at radius 2 is 1.53 bits per heavy atom. The molecule has 2 aromatic rings. The monoisotopic (exact) mass is 257 g/mol. The molecule has 0 heterocycles. The van der Waals surface area contributed by atoms with Gasteiger partial charge >= 0.3 is 0 Å². The molecule has 0 fully saturated rings. The topological polar surface area (TPSA) is 44.5 Å². The molecule has 0 aliphatic rings. The van der Waals surface area contributed by atoms with Crippen LogP contribution in [0.3, 0.4) is 0 Å². The van der Waals surface area contributed by atoms with Crippen molar-refractivity contribution in [3.05, 3.63) is 59.7 Å². The van der Waals surface area contributed by atoms with Gasteiger partial charge in [-0.25, -0.2) is 0 Å². The second-order valence-electron chi connectivity index (χ2n) is 4.42. The standard InChI is InChI=1S/C16H19NO2/c1-18-11-10-13-4-8-16(9-5-13)19-12-14-2-6-15(17)7-3-14/h2-9H,10-12,17H2,1H3. The van der Waals surface area contributed by atoms with Crippen LogP contribution in [0, 0.1) is 0 Å². The molecule has 0 bridgehead atoms. The van der Waals surface area contributed by atoms with Crippen molar-refractivity contribution in [3.63, 3.8) is 0 Å². The lowest BCUT2D eigenvalue weighted by Crippen LogP contribution is -1.97. The lowest BCUT2D eigenvalue weighted by molar-refractivity contribution is 0.202. The van der Waals surface area contributed by atoms with Crippen molar-refractivity contribution in [1.29, 1.82) is 0 Å². The van der Waals surface area contributed by atoms with Crippen LogP contribution in [0.25, 0.3) is 0 Å². The van der Waals surface area contributed by atoms with Crippen LogP contribution >= 0.6 is 0 Å². The zero-order valence-corrected chi connectivity index (χ0v) is 11.1. The molecule has 0 atom stereocenters. The second kappa shape index (κ2) is 6.81. The van der Waals surface area contributed by atoms with E-state index in [2.05, 4.69) is 12.1 Å².